The van der Waals surface area contributed by atoms with Crippen molar-refractivity contribution in [1.82, 2.24) is 9.62 Å². The summed E-state index contributed by atoms with van der Waals surface area (Å²) in [4.78, 5) is 0. The molecule has 0 aromatic heterocycles. The Balaban J connectivity index is 1.91. The van der Waals surface area contributed by atoms with E-state index in [9.17, 15) is 8.42 Å². The summed E-state index contributed by atoms with van der Waals surface area (Å²) in [6.45, 7) is 6.16. The summed E-state index contributed by atoms with van der Waals surface area (Å²) in [5.74, 6) is 1.000. The highest BCUT2D eigenvalue weighted by Crippen LogP contribution is 2.28. The van der Waals surface area contributed by atoms with Gasteiger partial charge in [0.1, 0.15) is 0 Å². The number of hydrogen-bond acceptors (Lipinski definition) is 4. The molecule has 2 heterocycles. The van der Waals surface area contributed by atoms with Gasteiger partial charge in [0.15, 0.2) is 0 Å². The maximum absolute atomic E-state index is 11.7. The Morgan fingerprint density at radius 2 is 2.15 bits per heavy atom. The van der Waals surface area contributed by atoms with Gasteiger partial charge < -0.3 is 10.1 Å². The monoisotopic (exact) mass is 304 g/mol. The number of sulfonamides is 1. The van der Waals surface area contributed by atoms with Gasteiger partial charge in [-0.05, 0) is 44.1 Å². The number of nitrogens with one attached hydrogen (secondary N) is 1. The third-order valence-corrected chi connectivity index (χ3v) is 5.80. The van der Waals surface area contributed by atoms with Crippen molar-refractivity contribution in [3.8, 4) is 0 Å². The smallest absolute Gasteiger partial charge is 0.211 e. The molecule has 0 aliphatic carbocycles. The van der Waals surface area contributed by atoms with Gasteiger partial charge >= 0.3 is 0 Å². The molecule has 0 radical (unpaired) electrons. The normalized spacial score (nSPS) is 33.2. The molecule has 3 unspecified atom stereocenters. The van der Waals surface area contributed by atoms with Gasteiger partial charge in [-0.3, -0.25) is 0 Å². The maximum atomic E-state index is 11.7. The quantitative estimate of drug-likeness (QED) is 0.825. The lowest BCUT2D eigenvalue weighted by Crippen LogP contribution is -2.45. The number of nitrogens with zero attached hydrogens (tertiary/aromatic N) is 1. The van der Waals surface area contributed by atoms with Crippen molar-refractivity contribution in [2.75, 3.05) is 39.1 Å². The largest absolute Gasteiger partial charge is 0.381 e. The van der Waals surface area contributed by atoms with Gasteiger partial charge in [-0.25, -0.2) is 12.7 Å². The molecule has 6 heteroatoms. The van der Waals surface area contributed by atoms with Crippen LogP contribution in [-0.4, -0.2) is 57.9 Å². The van der Waals surface area contributed by atoms with Crippen molar-refractivity contribution in [3.63, 3.8) is 0 Å². The first-order valence-corrected chi connectivity index (χ1v) is 9.61. The zero-order valence-corrected chi connectivity index (χ0v) is 13.5. The molecule has 2 rings (SSSR count). The molecule has 0 aromatic rings. The lowest BCUT2D eigenvalue weighted by molar-refractivity contribution is 0.0192. The molecule has 3 atom stereocenters. The van der Waals surface area contributed by atoms with Gasteiger partial charge in [0.25, 0.3) is 0 Å². The van der Waals surface area contributed by atoms with Crippen LogP contribution in [0.25, 0.3) is 0 Å². The standard InChI is InChI=1S/C14H28N2O3S/c1-3-15-14-6-8-19-11-13(14)9-12-5-4-7-16(10-12)20(2,17)18/h12-15H,3-11H2,1-2H3. The van der Waals surface area contributed by atoms with Crippen molar-refractivity contribution >= 4 is 10.0 Å². The molecular weight excluding hydrogens is 276 g/mol. The second-order valence-electron chi connectivity index (χ2n) is 6.15. The number of ether oxygens (including phenoxy) is 1. The topological polar surface area (TPSA) is 58.6 Å². The highest BCUT2D eigenvalue weighted by atomic mass is 32.2. The van der Waals surface area contributed by atoms with E-state index in [1.165, 1.54) is 6.26 Å². The minimum absolute atomic E-state index is 0.478. The fraction of sp³-hybridized carbons (Fsp3) is 1.00. The lowest BCUT2D eigenvalue weighted by atomic mass is 9.83. The van der Waals surface area contributed by atoms with Crippen LogP contribution in [0, 0.1) is 11.8 Å². The molecule has 0 aromatic carbocycles. The minimum Gasteiger partial charge on any atom is -0.381 e. The van der Waals surface area contributed by atoms with Gasteiger partial charge in [-0.1, -0.05) is 6.92 Å². The van der Waals surface area contributed by atoms with E-state index < -0.39 is 10.0 Å². The van der Waals surface area contributed by atoms with Gasteiger partial charge in [-0.15, -0.1) is 0 Å². The fourth-order valence-corrected chi connectivity index (χ4v) is 4.45. The van der Waals surface area contributed by atoms with Gasteiger partial charge in [-0.2, -0.15) is 0 Å². The van der Waals surface area contributed by atoms with Gasteiger partial charge in [0.05, 0.1) is 12.9 Å². The Hall–Kier alpha value is -0.170. The van der Waals surface area contributed by atoms with Crippen LogP contribution in [0.15, 0.2) is 0 Å². The Bertz CT molecular complexity index is 397. The molecule has 0 amide bonds. The third-order valence-electron chi connectivity index (χ3n) is 4.53. The fourth-order valence-electron chi connectivity index (χ4n) is 3.51. The predicted molar refractivity (Wildman–Crippen MR) is 80.1 cm³/mol. The Morgan fingerprint density at radius 3 is 2.85 bits per heavy atom. The SMILES string of the molecule is CCNC1CCOCC1CC1CCCN(S(C)(=O)=O)C1. The Kier molecular flexibility index (Phi) is 5.84. The van der Waals surface area contributed by atoms with Crippen molar-refractivity contribution in [2.45, 2.75) is 38.6 Å². The maximum Gasteiger partial charge on any atom is 0.211 e. The van der Waals surface area contributed by atoms with E-state index in [0.717, 1.165) is 45.4 Å². The van der Waals surface area contributed by atoms with Crippen LogP contribution >= 0.6 is 0 Å². The predicted octanol–water partition coefficient (Wildman–Crippen LogP) is 1.06. The summed E-state index contributed by atoms with van der Waals surface area (Å²) in [6, 6.07) is 0.530. The summed E-state index contributed by atoms with van der Waals surface area (Å²) in [5.41, 5.74) is 0. The lowest BCUT2D eigenvalue weighted by Gasteiger charge is -2.37. The van der Waals surface area contributed by atoms with Crippen LogP contribution in [0.1, 0.15) is 32.6 Å². The van der Waals surface area contributed by atoms with E-state index in [4.69, 9.17) is 4.74 Å². The zero-order chi connectivity index (χ0) is 14.6. The molecule has 0 saturated carbocycles. The Labute approximate surface area is 123 Å². The molecule has 118 valence electrons. The average molecular weight is 304 g/mol. The van der Waals surface area contributed by atoms with Crippen LogP contribution in [0.2, 0.25) is 0 Å². The second-order valence-corrected chi connectivity index (χ2v) is 8.14. The van der Waals surface area contributed by atoms with E-state index in [2.05, 4.69) is 12.2 Å². The average Bonchev–Trinajstić information content (AvgIpc) is 2.41. The van der Waals surface area contributed by atoms with Crippen LogP contribution < -0.4 is 5.32 Å². The van der Waals surface area contributed by atoms with E-state index >= 15 is 0 Å². The van der Waals surface area contributed by atoms with Crippen molar-refractivity contribution in [1.29, 1.82) is 0 Å². The molecule has 1 N–H and O–H groups in total. The first-order chi connectivity index (χ1) is 9.50. The van der Waals surface area contributed by atoms with E-state index in [1.807, 2.05) is 0 Å². The summed E-state index contributed by atoms with van der Waals surface area (Å²) in [7, 11) is -3.04. The van der Waals surface area contributed by atoms with Crippen LogP contribution in [0.4, 0.5) is 0 Å². The van der Waals surface area contributed by atoms with E-state index in [1.54, 1.807) is 4.31 Å². The number of hydrogen-bond donors (Lipinski definition) is 1. The van der Waals surface area contributed by atoms with Crippen molar-refractivity contribution in [3.05, 3.63) is 0 Å². The van der Waals surface area contributed by atoms with E-state index in [0.29, 0.717) is 31.0 Å². The van der Waals surface area contributed by atoms with Crippen LogP contribution in [0.5, 0.6) is 0 Å². The van der Waals surface area contributed by atoms with Crippen LogP contribution in [0.3, 0.4) is 0 Å². The molecule has 2 aliphatic rings. The third kappa shape index (κ3) is 4.41. The summed E-state index contributed by atoms with van der Waals surface area (Å²) in [5, 5.41) is 3.55. The van der Waals surface area contributed by atoms with Crippen molar-refractivity contribution in [2.24, 2.45) is 11.8 Å². The highest BCUT2D eigenvalue weighted by Gasteiger charge is 2.31. The zero-order valence-electron chi connectivity index (χ0n) is 12.7. The molecule has 2 saturated heterocycles. The first kappa shape index (κ1) is 16.2. The summed E-state index contributed by atoms with van der Waals surface area (Å²) < 4.78 is 30.6. The molecular formula is C14H28N2O3S. The van der Waals surface area contributed by atoms with E-state index in [-0.39, 0.29) is 0 Å². The molecule has 2 fully saturated rings. The van der Waals surface area contributed by atoms with Gasteiger partial charge in [0, 0.05) is 25.7 Å². The number of rotatable bonds is 5. The van der Waals surface area contributed by atoms with Gasteiger partial charge in [0.2, 0.25) is 10.0 Å². The highest BCUT2D eigenvalue weighted by molar-refractivity contribution is 7.88. The molecule has 5 nitrogen and oxygen atoms in total. The minimum atomic E-state index is -3.04. The Morgan fingerprint density at radius 1 is 1.35 bits per heavy atom. The molecule has 0 bridgehead atoms. The molecule has 20 heavy (non-hydrogen) atoms. The second kappa shape index (κ2) is 7.20. The molecule has 0 spiro atoms. The number of piperidine rings is 1. The van der Waals surface area contributed by atoms with Crippen LogP contribution in [-0.2, 0) is 14.8 Å². The van der Waals surface area contributed by atoms with Crippen molar-refractivity contribution < 1.29 is 13.2 Å². The molecule has 2 aliphatic heterocycles. The first-order valence-electron chi connectivity index (χ1n) is 7.77. The summed E-state index contributed by atoms with van der Waals surface area (Å²) >= 11 is 0. The summed E-state index contributed by atoms with van der Waals surface area (Å²) in [6.07, 6.45) is 5.59.